The first-order chi connectivity index (χ1) is 3.25. The van der Waals surface area contributed by atoms with Crippen LogP contribution in [0, 0.1) is 0 Å². The zero-order chi connectivity index (χ0) is 7.00. The second-order valence-electron chi connectivity index (χ2n) is 0.921. The van der Waals surface area contributed by atoms with Crippen LogP contribution in [0.15, 0.2) is 0 Å². The largest absolute Gasteiger partial charge is 0.522 e. The molecule has 0 spiro atoms. The summed E-state index contributed by atoms with van der Waals surface area (Å²) in [6.45, 7) is 0. The van der Waals surface area contributed by atoms with Gasteiger partial charge in [0.2, 0.25) is 0 Å². The highest BCUT2D eigenvalue weighted by atomic mass is 35.5. The van der Waals surface area contributed by atoms with Crippen molar-refractivity contribution in [3.05, 3.63) is 0 Å². The van der Waals surface area contributed by atoms with Crippen molar-refractivity contribution in [2.75, 3.05) is 0 Å². The van der Waals surface area contributed by atoms with E-state index in [1.807, 2.05) is 0 Å². The number of hydrogen-bond donors (Lipinski definition) is 1. The van der Waals surface area contributed by atoms with E-state index in [0.29, 0.717) is 0 Å². The summed E-state index contributed by atoms with van der Waals surface area (Å²) in [5.74, 6) is 0. The van der Waals surface area contributed by atoms with E-state index in [-0.39, 0.29) is 29.8 Å². The van der Waals surface area contributed by atoms with Gasteiger partial charge in [-0.2, -0.15) is 21.6 Å². The van der Waals surface area contributed by atoms with Gasteiger partial charge in [0.05, 0.1) is 0 Å². The molecule has 64 valence electrons. The van der Waals surface area contributed by atoms with Gasteiger partial charge in [0.15, 0.2) is 17.4 Å². The smallest absolute Gasteiger partial charge is 0.279 e. The molecule has 0 radical (unpaired) electrons. The molecule has 9 heteroatoms. The Labute approximate surface area is 71.9 Å². The van der Waals surface area contributed by atoms with Crippen LogP contribution in [0.2, 0.25) is 0 Å². The lowest BCUT2D eigenvalue weighted by molar-refractivity contribution is -0.0510. The normalized spacial score (nSPS) is 11.2. The second kappa shape index (κ2) is 4.41. The minimum Gasteiger partial charge on any atom is -0.279 e. The Morgan fingerprint density at radius 1 is 1.20 bits per heavy atom. The van der Waals surface area contributed by atoms with Crippen molar-refractivity contribution in [1.29, 1.82) is 0 Å². The lowest BCUT2D eigenvalue weighted by atomic mass is 11.6. The number of halogens is 4. The second-order valence-corrected chi connectivity index (χ2v) is 2.33. The number of alkyl halides is 3. The fraction of sp³-hybridized carbons (Fsp3) is 1.00. The van der Waals surface area contributed by atoms with Gasteiger partial charge in [-0.05, 0) is 0 Å². The maximum atomic E-state index is 10.7. The van der Waals surface area contributed by atoms with Crippen molar-refractivity contribution in [2.24, 2.45) is 0 Å². The van der Waals surface area contributed by atoms with Crippen LogP contribution in [0.5, 0.6) is 0 Å². The highest BCUT2D eigenvalue weighted by Crippen LogP contribution is 2.20. The molecule has 3 nitrogen and oxygen atoms in total. The van der Waals surface area contributed by atoms with Crippen LogP contribution in [-0.2, 0) is 10.1 Å². The molecule has 0 aromatic rings. The Balaban J connectivity index is -0.000000245. The van der Waals surface area contributed by atoms with Gasteiger partial charge in [0.25, 0.3) is 0 Å². The van der Waals surface area contributed by atoms with Crippen molar-refractivity contribution in [3.8, 4) is 0 Å². The average Bonchev–Trinajstić information content (AvgIpc) is 1.25. The Morgan fingerprint density at radius 3 is 1.30 bits per heavy atom. The van der Waals surface area contributed by atoms with Crippen molar-refractivity contribution in [2.45, 2.75) is 5.51 Å². The van der Waals surface area contributed by atoms with E-state index in [4.69, 9.17) is 13.0 Å². The fourth-order valence-electron chi connectivity index (χ4n) is 0. The van der Waals surface area contributed by atoms with E-state index in [2.05, 4.69) is 0 Å². The van der Waals surface area contributed by atoms with Crippen LogP contribution in [0.25, 0.3) is 0 Å². The summed E-state index contributed by atoms with van der Waals surface area (Å²) in [5, 5.41) is 0. The van der Waals surface area contributed by atoms with Gasteiger partial charge < -0.3 is 0 Å². The quantitative estimate of drug-likeness (QED) is 0.342. The lowest BCUT2D eigenvalue weighted by Crippen LogP contribution is -2.21. The van der Waals surface area contributed by atoms with Crippen LogP contribution >= 0.6 is 12.4 Å². The SMILES string of the molecule is Cl.O=S(=O)(O)C(F)(F)F.[AlH3]. The van der Waals surface area contributed by atoms with Gasteiger partial charge in [0.1, 0.15) is 0 Å². The third-order valence-corrected chi connectivity index (χ3v) is 0.877. The Bertz CT molecular complexity index is 173. The minimum absolute atomic E-state index is 0. The van der Waals surface area contributed by atoms with E-state index in [9.17, 15) is 13.2 Å². The van der Waals surface area contributed by atoms with Gasteiger partial charge >= 0.3 is 15.6 Å². The summed E-state index contributed by atoms with van der Waals surface area (Å²) in [7, 11) is -5.84. The molecule has 0 heterocycles. The summed E-state index contributed by atoms with van der Waals surface area (Å²) in [6.07, 6.45) is 0. The molecule has 0 aliphatic rings. The van der Waals surface area contributed by atoms with E-state index in [0.717, 1.165) is 0 Å². The molecule has 0 aliphatic carbocycles. The third kappa shape index (κ3) is 5.32. The van der Waals surface area contributed by atoms with Crippen LogP contribution in [0.4, 0.5) is 13.2 Å². The molecule has 0 fully saturated rings. The molecule has 0 bridgehead atoms. The van der Waals surface area contributed by atoms with Crippen molar-refractivity contribution in [1.82, 2.24) is 0 Å². The zero-order valence-corrected chi connectivity index (χ0v) is 5.35. The fourth-order valence-corrected chi connectivity index (χ4v) is 0. The van der Waals surface area contributed by atoms with Crippen molar-refractivity contribution in [3.63, 3.8) is 0 Å². The van der Waals surface area contributed by atoms with Gasteiger partial charge in [-0.25, -0.2) is 0 Å². The molecule has 10 heavy (non-hydrogen) atoms. The first-order valence-electron chi connectivity index (χ1n) is 1.29. The average molecular weight is 217 g/mol. The maximum Gasteiger partial charge on any atom is 0.522 e. The highest BCUT2D eigenvalue weighted by Gasteiger charge is 2.44. The zero-order valence-electron chi connectivity index (χ0n) is 3.71. The standard InChI is InChI=1S/CHF3O3S.Al.ClH.3H/c2-1(3,4)8(5,6)7;;;;;/h(H,5,6,7);;1H;;;. The van der Waals surface area contributed by atoms with Crippen molar-refractivity contribution < 1.29 is 26.1 Å². The van der Waals surface area contributed by atoms with Crippen LogP contribution in [0.3, 0.4) is 0 Å². The number of rotatable bonds is 0. The molecule has 0 unspecified atom stereocenters. The Hall–Kier alpha value is 0.522. The molecular weight excluding hydrogens is 212 g/mol. The summed E-state index contributed by atoms with van der Waals surface area (Å²) < 4.78 is 57.5. The molecule has 0 aromatic carbocycles. The summed E-state index contributed by atoms with van der Waals surface area (Å²) in [4.78, 5) is 0. The molecule has 0 rings (SSSR count). The molecule has 0 saturated carbocycles. The summed E-state index contributed by atoms with van der Waals surface area (Å²) in [6, 6.07) is 0. The molecule has 0 amide bonds. The highest BCUT2D eigenvalue weighted by molar-refractivity contribution is 7.86. The first kappa shape index (κ1) is 16.9. The van der Waals surface area contributed by atoms with Crippen molar-refractivity contribution >= 4 is 39.9 Å². The van der Waals surface area contributed by atoms with E-state index < -0.39 is 15.6 Å². The summed E-state index contributed by atoms with van der Waals surface area (Å²) in [5.41, 5.74) is -5.53. The molecule has 1 N–H and O–H groups in total. The van der Waals surface area contributed by atoms with Gasteiger partial charge in [0, 0.05) is 0 Å². The first-order valence-corrected chi connectivity index (χ1v) is 2.73. The Morgan fingerprint density at radius 2 is 1.30 bits per heavy atom. The van der Waals surface area contributed by atoms with Crippen LogP contribution in [0.1, 0.15) is 0 Å². The topological polar surface area (TPSA) is 54.4 Å². The van der Waals surface area contributed by atoms with Crippen LogP contribution in [-0.4, -0.2) is 35.8 Å². The maximum absolute atomic E-state index is 10.7. The van der Waals surface area contributed by atoms with Gasteiger partial charge in [-0.1, -0.05) is 0 Å². The van der Waals surface area contributed by atoms with Gasteiger partial charge in [-0.3, -0.25) is 4.55 Å². The predicted molar refractivity (Wildman–Crippen MR) is 34.8 cm³/mol. The molecule has 0 saturated heterocycles. The molecular formula is CH5AlClF3O3S. The van der Waals surface area contributed by atoms with E-state index in [1.54, 1.807) is 0 Å². The summed E-state index contributed by atoms with van der Waals surface area (Å²) >= 11 is 0. The molecule has 0 atom stereocenters. The minimum atomic E-state index is -5.84. The number of hydrogen-bond acceptors (Lipinski definition) is 2. The van der Waals surface area contributed by atoms with E-state index >= 15 is 0 Å². The molecule has 0 aliphatic heterocycles. The third-order valence-electron chi connectivity index (χ3n) is 0.292. The van der Waals surface area contributed by atoms with E-state index in [1.165, 1.54) is 0 Å². The van der Waals surface area contributed by atoms with Crippen LogP contribution < -0.4 is 0 Å². The predicted octanol–water partition coefficient (Wildman–Crippen LogP) is -0.368. The van der Waals surface area contributed by atoms with Gasteiger partial charge in [-0.15, -0.1) is 12.4 Å². The Kier molecular flexibility index (Phi) is 7.44. The lowest BCUT2D eigenvalue weighted by Gasteiger charge is -1.97. The molecule has 0 aromatic heterocycles. The monoisotopic (exact) mass is 216 g/mol.